The Hall–Kier alpha value is -1.07. The van der Waals surface area contributed by atoms with Crippen LogP contribution in [0.25, 0.3) is 0 Å². The Bertz CT molecular complexity index is 467. The van der Waals surface area contributed by atoms with Crippen LogP contribution in [0.4, 0.5) is 5.69 Å². The molecule has 1 fully saturated rings. The molecule has 2 N–H and O–H groups in total. The lowest BCUT2D eigenvalue weighted by molar-refractivity contribution is 0.600. The van der Waals surface area contributed by atoms with E-state index in [1.165, 1.54) is 0 Å². The molecule has 2 rings (SSSR count). The third-order valence-electron chi connectivity index (χ3n) is 2.60. The highest BCUT2D eigenvalue weighted by molar-refractivity contribution is 7.93. The minimum absolute atomic E-state index is 0.185. The first-order valence-electron chi connectivity index (χ1n) is 5.37. The molecular formula is C11H16N2O2S. The van der Waals surface area contributed by atoms with Gasteiger partial charge in [0.2, 0.25) is 10.0 Å². The summed E-state index contributed by atoms with van der Waals surface area (Å²) in [5.74, 6) is 0. The van der Waals surface area contributed by atoms with Crippen LogP contribution in [0.15, 0.2) is 24.3 Å². The number of rotatable bonds is 5. The molecule has 4 nitrogen and oxygen atoms in total. The smallest absolute Gasteiger partial charge is 0.235 e. The minimum Gasteiger partial charge on any atom is -0.316 e. The average molecular weight is 240 g/mol. The van der Waals surface area contributed by atoms with Crippen LogP contribution in [0.3, 0.4) is 0 Å². The minimum atomic E-state index is -3.16. The second-order valence-electron chi connectivity index (χ2n) is 4.03. The van der Waals surface area contributed by atoms with Crippen molar-refractivity contribution in [2.24, 2.45) is 0 Å². The van der Waals surface area contributed by atoms with Gasteiger partial charge in [-0.15, -0.1) is 0 Å². The van der Waals surface area contributed by atoms with Crippen LogP contribution in [0.5, 0.6) is 0 Å². The second kappa shape index (κ2) is 4.43. The van der Waals surface area contributed by atoms with Gasteiger partial charge in [-0.3, -0.25) is 4.72 Å². The predicted octanol–water partition coefficient (Wildman–Crippen LogP) is 1.31. The quantitative estimate of drug-likeness (QED) is 0.816. The third-order valence-corrected chi connectivity index (χ3v) is 4.45. The molecule has 0 atom stereocenters. The number of hydrogen-bond donors (Lipinski definition) is 2. The van der Waals surface area contributed by atoms with Gasteiger partial charge in [-0.05, 0) is 31.5 Å². The largest absolute Gasteiger partial charge is 0.316 e. The molecule has 1 aromatic rings. The molecule has 0 unspecified atom stereocenters. The van der Waals surface area contributed by atoms with Crippen LogP contribution >= 0.6 is 0 Å². The lowest BCUT2D eigenvalue weighted by Gasteiger charge is -2.11. The molecule has 0 amide bonds. The Morgan fingerprint density at radius 1 is 1.31 bits per heavy atom. The summed E-state index contributed by atoms with van der Waals surface area (Å²) in [7, 11) is -1.32. The van der Waals surface area contributed by atoms with Crippen molar-refractivity contribution in [2.75, 3.05) is 11.8 Å². The number of anilines is 1. The van der Waals surface area contributed by atoms with E-state index in [9.17, 15) is 8.42 Å². The van der Waals surface area contributed by atoms with Crippen LogP contribution in [0.1, 0.15) is 18.4 Å². The van der Waals surface area contributed by atoms with E-state index < -0.39 is 10.0 Å². The van der Waals surface area contributed by atoms with Gasteiger partial charge in [0.15, 0.2) is 0 Å². The monoisotopic (exact) mass is 240 g/mol. The molecule has 0 radical (unpaired) electrons. The van der Waals surface area contributed by atoms with Gasteiger partial charge in [-0.1, -0.05) is 18.2 Å². The van der Waals surface area contributed by atoms with Crippen molar-refractivity contribution in [3.63, 3.8) is 0 Å². The van der Waals surface area contributed by atoms with Gasteiger partial charge in [0.25, 0.3) is 0 Å². The van der Waals surface area contributed by atoms with E-state index in [2.05, 4.69) is 10.0 Å². The summed E-state index contributed by atoms with van der Waals surface area (Å²) in [5, 5.41) is 2.84. The molecule has 88 valence electrons. The van der Waals surface area contributed by atoms with Crippen molar-refractivity contribution in [2.45, 2.75) is 24.6 Å². The lowest BCUT2D eigenvalue weighted by atomic mass is 10.2. The Morgan fingerprint density at radius 2 is 2.00 bits per heavy atom. The fourth-order valence-electron chi connectivity index (χ4n) is 1.58. The molecule has 0 aromatic heterocycles. The molecule has 1 aliphatic carbocycles. The SMILES string of the molecule is CNCc1ccccc1NS(=O)(=O)C1CC1. The first-order valence-corrected chi connectivity index (χ1v) is 6.92. The van der Waals surface area contributed by atoms with Crippen molar-refractivity contribution in [1.82, 2.24) is 5.32 Å². The highest BCUT2D eigenvalue weighted by Crippen LogP contribution is 2.30. The number of nitrogens with one attached hydrogen (secondary N) is 2. The van der Waals surface area contributed by atoms with E-state index in [0.717, 1.165) is 18.4 Å². The van der Waals surface area contributed by atoms with Gasteiger partial charge in [-0.25, -0.2) is 8.42 Å². The van der Waals surface area contributed by atoms with E-state index >= 15 is 0 Å². The first kappa shape index (κ1) is 11.4. The molecule has 0 aliphatic heterocycles. The zero-order chi connectivity index (χ0) is 11.6. The summed E-state index contributed by atoms with van der Waals surface area (Å²) in [6.45, 7) is 0.656. The molecule has 16 heavy (non-hydrogen) atoms. The molecular weight excluding hydrogens is 224 g/mol. The summed E-state index contributed by atoms with van der Waals surface area (Å²) in [5.41, 5.74) is 1.65. The van der Waals surface area contributed by atoms with Gasteiger partial charge < -0.3 is 5.32 Å². The molecule has 1 aliphatic rings. The van der Waals surface area contributed by atoms with Crippen LogP contribution in [0.2, 0.25) is 0 Å². The number of hydrogen-bond acceptors (Lipinski definition) is 3. The molecule has 0 saturated heterocycles. The van der Waals surface area contributed by atoms with E-state index in [1.807, 2.05) is 25.2 Å². The fourth-order valence-corrected chi connectivity index (χ4v) is 3.01. The highest BCUT2D eigenvalue weighted by Gasteiger charge is 2.35. The summed E-state index contributed by atoms with van der Waals surface area (Å²) >= 11 is 0. The van der Waals surface area contributed by atoms with Crippen molar-refractivity contribution < 1.29 is 8.42 Å². The van der Waals surface area contributed by atoms with Crippen LogP contribution in [0, 0.1) is 0 Å². The Kier molecular flexibility index (Phi) is 3.16. The molecule has 5 heteroatoms. The summed E-state index contributed by atoms with van der Waals surface area (Å²) < 4.78 is 26.2. The van der Waals surface area contributed by atoms with E-state index in [-0.39, 0.29) is 5.25 Å². The lowest BCUT2D eigenvalue weighted by Crippen LogP contribution is -2.19. The van der Waals surface area contributed by atoms with Gasteiger partial charge in [0.05, 0.1) is 10.9 Å². The Labute approximate surface area is 96.1 Å². The highest BCUT2D eigenvalue weighted by atomic mass is 32.2. The molecule has 0 spiro atoms. The summed E-state index contributed by atoms with van der Waals surface area (Å²) in [6, 6.07) is 7.46. The number of sulfonamides is 1. The topological polar surface area (TPSA) is 58.2 Å². The average Bonchev–Trinajstić information content (AvgIpc) is 3.04. The van der Waals surface area contributed by atoms with E-state index in [4.69, 9.17) is 0 Å². The van der Waals surface area contributed by atoms with E-state index in [0.29, 0.717) is 12.2 Å². The zero-order valence-electron chi connectivity index (χ0n) is 9.23. The molecule has 1 saturated carbocycles. The molecule has 0 bridgehead atoms. The van der Waals surface area contributed by atoms with Crippen LogP contribution in [-0.2, 0) is 16.6 Å². The maximum Gasteiger partial charge on any atom is 0.235 e. The molecule has 1 aromatic carbocycles. The maximum atomic E-state index is 11.8. The first-order chi connectivity index (χ1) is 7.63. The van der Waals surface area contributed by atoms with Gasteiger partial charge in [0.1, 0.15) is 0 Å². The van der Waals surface area contributed by atoms with Crippen molar-refractivity contribution in [3.05, 3.63) is 29.8 Å². The van der Waals surface area contributed by atoms with Crippen LogP contribution < -0.4 is 10.0 Å². The van der Waals surface area contributed by atoms with E-state index in [1.54, 1.807) is 6.07 Å². The van der Waals surface area contributed by atoms with Crippen molar-refractivity contribution >= 4 is 15.7 Å². The van der Waals surface area contributed by atoms with Gasteiger partial charge in [-0.2, -0.15) is 0 Å². The zero-order valence-corrected chi connectivity index (χ0v) is 10.0. The Balaban J connectivity index is 2.20. The number of benzene rings is 1. The summed E-state index contributed by atoms with van der Waals surface area (Å²) in [6.07, 6.45) is 1.56. The van der Waals surface area contributed by atoms with Crippen LogP contribution in [-0.4, -0.2) is 20.7 Å². The maximum absolute atomic E-state index is 11.8. The fraction of sp³-hybridized carbons (Fsp3) is 0.455. The van der Waals surface area contributed by atoms with Gasteiger partial charge in [0, 0.05) is 6.54 Å². The molecule has 0 heterocycles. The summed E-state index contributed by atoms with van der Waals surface area (Å²) in [4.78, 5) is 0. The predicted molar refractivity (Wildman–Crippen MR) is 64.8 cm³/mol. The van der Waals surface area contributed by atoms with Gasteiger partial charge >= 0.3 is 0 Å². The Morgan fingerprint density at radius 3 is 2.62 bits per heavy atom. The number of para-hydroxylation sites is 1. The normalized spacial score (nSPS) is 16.1. The second-order valence-corrected chi connectivity index (χ2v) is 5.99. The third kappa shape index (κ3) is 2.54. The van der Waals surface area contributed by atoms with Crippen molar-refractivity contribution in [1.29, 1.82) is 0 Å². The van der Waals surface area contributed by atoms with Crippen molar-refractivity contribution in [3.8, 4) is 0 Å². The standard InChI is InChI=1S/C11H16N2O2S/c1-12-8-9-4-2-3-5-11(9)13-16(14,15)10-6-7-10/h2-5,10,12-13H,6-8H2,1H3.